The molecule has 0 aliphatic rings. The number of carboxylic acid groups (broad SMARTS) is 4. The number of carbonyl (C=O) groups is 4. The SMILES string of the molecule is O=C(O)c1cccc(Oc2ccccc2Oc2cccc(C(=O)O)c2)c1.O=C(O)c1ccccc1C(=O)O. The van der Waals surface area contributed by atoms with E-state index in [1.165, 1.54) is 48.5 Å². The second kappa shape index (κ2) is 12.4. The molecule has 0 aromatic heterocycles. The maximum absolute atomic E-state index is 11.1. The molecule has 4 rings (SSSR count). The fourth-order valence-corrected chi connectivity index (χ4v) is 3.11. The summed E-state index contributed by atoms with van der Waals surface area (Å²) in [4.78, 5) is 43.1. The Morgan fingerprint density at radius 3 is 1.16 bits per heavy atom. The van der Waals surface area contributed by atoms with Crippen LogP contribution in [0.4, 0.5) is 0 Å². The Kier molecular flexibility index (Phi) is 8.77. The van der Waals surface area contributed by atoms with Crippen molar-refractivity contribution >= 4 is 23.9 Å². The van der Waals surface area contributed by atoms with E-state index in [0.29, 0.717) is 23.0 Å². The van der Waals surface area contributed by atoms with Crippen LogP contribution in [-0.2, 0) is 0 Å². The Bertz CT molecular complexity index is 1380. The van der Waals surface area contributed by atoms with Crippen molar-refractivity contribution in [2.75, 3.05) is 0 Å². The molecule has 0 radical (unpaired) electrons. The third kappa shape index (κ3) is 7.18. The molecule has 0 aliphatic heterocycles. The van der Waals surface area contributed by atoms with E-state index in [1.807, 2.05) is 0 Å². The largest absolute Gasteiger partial charge is 0.478 e. The third-order valence-electron chi connectivity index (χ3n) is 4.85. The summed E-state index contributed by atoms with van der Waals surface area (Å²) in [5.74, 6) is -3.12. The normalized spacial score (nSPS) is 9.89. The zero-order valence-electron chi connectivity index (χ0n) is 19.5. The molecule has 0 unspecified atom stereocenters. The maximum atomic E-state index is 11.1. The van der Waals surface area contributed by atoms with Gasteiger partial charge in [-0.2, -0.15) is 0 Å². The van der Waals surface area contributed by atoms with E-state index in [1.54, 1.807) is 48.5 Å². The van der Waals surface area contributed by atoms with Crippen molar-refractivity contribution < 1.29 is 49.1 Å². The van der Waals surface area contributed by atoms with Crippen LogP contribution in [0.2, 0.25) is 0 Å². The van der Waals surface area contributed by atoms with Gasteiger partial charge in [0.05, 0.1) is 22.3 Å². The number of benzene rings is 4. The first-order valence-electron chi connectivity index (χ1n) is 10.8. The third-order valence-corrected chi connectivity index (χ3v) is 4.85. The van der Waals surface area contributed by atoms with E-state index in [2.05, 4.69) is 0 Å². The highest BCUT2D eigenvalue weighted by molar-refractivity contribution is 6.01. The number of ether oxygens (including phenoxy) is 2. The summed E-state index contributed by atoms with van der Waals surface area (Å²) in [6.07, 6.45) is 0. The summed E-state index contributed by atoms with van der Waals surface area (Å²) in [6, 6.07) is 24.5. The molecule has 4 N–H and O–H groups in total. The van der Waals surface area contributed by atoms with E-state index in [9.17, 15) is 19.2 Å². The fourth-order valence-electron chi connectivity index (χ4n) is 3.11. The van der Waals surface area contributed by atoms with Gasteiger partial charge in [0, 0.05) is 0 Å². The standard InChI is InChI=1S/C20H14O6.C8H6O4/c21-19(22)13-5-3-7-15(11-13)25-17-9-1-2-10-18(17)26-16-8-4-6-14(12-16)20(23)24;9-7(10)5-3-1-2-4-6(5)8(11)12/h1-12H,(H,21,22)(H,23,24);1-4H,(H,9,10)(H,11,12). The molecular weight excluding hydrogens is 496 g/mol. The van der Waals surface area contributed by atoms with Gasteiger partial charge in [0.2, 0.25) is 0 Å². The van der Waals surface area contributed by atoms with E-state index in [-0.39, 0.29) is 22.3 Å². The lowest BCUT2D eigenvalue weighted by Crippen LogP contribution is -2.06. The molecule has 38 heavy (non-hydrogen) atoms. The number of aromatic carboxylic acids is 4. The Labute approximate surface area is 215 Å². The number of rotatable bonds is 8. The van der Waals surface area contributed by atoms with Crippen LogP contribution in [0.5, 0.6) is 23.0 Å². The fraction of sp³-hybridized carbons (Fsp3) is 0. The molecule has 0 bridgehead atoms. The summed E-state index contributed by atoms with van der Waals surface area (Å²) in [6.45, 7) is 0. The first-order chi connectivity index (χ1) is 18.2. The smallest absolute Gasteiger partial charge is 0.336 e. The number of hydrogen-bond donors (Lipinski definition) is 4. The molecule has 10 nitrogen and oxygen atoms in total. The van der Waals surface area contributed by atoms with Crippen LogP contribution in [-0.4, -0.2) is 44.3 Å². The monoisotopic (exact) mass is 516 g/mol. The highest BCUT2D eigenvalue weighted by Gasteiger charge is 2.14. The van der Waals surface area contributed by atoms with Crippen molar-refractivity contribution in [3.05, 3.63) is 119 Å². The molecule has 0 saturated heterocycles. The van der Waals surface area contributed by atoms with Gasteiger partial charge in [-0.25, -0.2) is 19.2 Å². The number of para-hydroxylation sites is 2. The van der Waals surface area contributed by atoms with Gasteiger partial charge in [0.15, 0.2) is 11.5 Å². The molecule has 0 heterocycles. The Hall–Kier alpha value is -5.64. The minimum Gasteiger partial charge on any atom is -0.478 e. The molecular formula is C28H20O10. The van der Waals surface area contributed by atoms with Crippen molar-refractivity contribution in [2.45, 2.75) is 0 Å². The molecule has 4 aromatic rings. The first kappa shape index (κ1) is 27.0. The van der Waals surface area contributed by atoms with Gasteiger partial charge >= 0.3 is 23.9 Å². The van der Waals surface area contributed by atoms with Gasteiger partial charge in [0.25, 0.3) is 0 Å². The highest BCUT2D eigenvalue weighted by atomic mass is 16.5. The predicted octanol–water partition coefficient (Wildman–Crippen LogP) is 5.75. The zero-order valence-corrected chi connectivity index (χ0v) is 19.5. The molecule has 0 spiro atoms. The lowest BCUT2D eigenvalue weighted by molar-refractivity contribution is 0.0651. The topological polar surface area (TPSA) is 168 Å². The Morgan fingerprint density at radius 1 is 0.447 bits per heavy atom. The summed E-state index contributed by atoms with van der Waals surface area (Å²) in [5, 5.41) is 35.2. The summed E-state index contributed by atoms with van der Waals surface area (Å²) in [5.41, 5.74) is -0.167. The lowest BCUT2D eigenvalue weighted by Gasteiger charge is -2.12. The van der Waals surface area contributed by atoms with E-state index < -0.39 is 23.9 Å². The average Bonchev–Trinajstić information content (AvgIpc) is 2.90. The second-order valence-electron chi connectivity index (χ2n) is 7.47. The average molecular weight is 516 g/mol. The molecule has 4 aromatic carbocycles. The lowest BCUT2D eigenvalue weighted by atomic mass is 10.1. The summed E-state index contributed by atoms with van der Waals surface area (Å²) in [7, 11) is 0. The predicted molar refractivity (Wildman–Crippen MR) is 134 cm³/mol. The van der Waals surface area contributed by atoms with Crippen molar-refractivity contribution in [1.82, 2.24) is 0 Å². The molecule has 0 fully saturated rings. The van der Waals surface area contributed by atoms with Crippen LogP contribution in [0, 0.1) is 0 Å². The molecule has 0 saturated carbocycles. The minimum absolute atomic E-state index is 0.107. The van der Waals surface area contributed by atoms with Crippen LogP contribution < -0.4 is 9.47 Å². The minimum atomic E-state index is -1.23. The Balaban J connectivity index is 0.000000279. The van der Waals surface area contributed by atoms with E-state index in [4.69, 9.17) is 29.9 Å². The Morgan fingerprint density at radius 2 is 0.816 bits per heavy atom. The zero-order chi connectivity index (χ0) is 27.7. The van der Waals surface area contributed by atoms with Crippen LogP contribution in [0.15, 0.2) is 97.1 Å². The van der Waals surface area contributed by atoms with E-state index in [0.717, 1.165) is 0 Å². The maximum Gasteiger partial charge on any atom is 0.336 e. The number of carboxylic acids is 4. The second-order valence-corrected chi connectivity index (χ2v) is 7.47. The molecule has 0 amide bonds. The molecule has 0 atom stereocenters. The van der Waals surface area contributed by atoms with Crippen molar-refractivity contribution in [3.63, 3.8) is 0 Å². The van der Waals surface area contributed by atoms with Gasteiger partial charge in [-0.15, -0.1) is 0 Å². The number of hydrogen-bond acceptors (Lipinski definition) is 6. The molecule has 192 valence electrons. The summed E-state index contributed by atoms with van der Waals surface area (Å²) >= 11 is 0. The van der Waals surface area contributed by atoms with Gasteiger partial charge in [0.1, 0.15) is 11.5 Å². The first-order valence-corrected chi connectivity index (χ1v) is 10.8. The quantitative estimate of drug-likeness (QED) is 0.226. The highest BCUT2D eigenvalue weighted by Crippen LogP contribution is 2.35. The van der Waals surface area contributed by atoms with Crippen molar-refractivity contribution in [1.29, 1.82) is 0 Å². The van der Waals surface area contributed by atoms with Gasteiger partial charge < -0.3 is 29.9 Å². The molecule has 10 heteroatoms. The van der Waals surface area contributed by atoms with Crippen LogP contribution >= 0.6 is 0 Å². The van der Waals surface area contributed by atoms with Crippen LogP contribution in [0.3, 0.4) is 0 Å². The van der Waals surface area contributed by atoms with Crippen LogP contribution in [0.25, 0.3) is 0 Å². The summed E-state index contributed by atoms with van der Waals surface area (Å²) < 4.78 is 11.5. The van der Waals surface area contributed by atoms with Crippen molar-refractivity contribution in [3.8, 4) is 23.0 Å². The van der Waals surface area contributed by atoms with Gasteiger partial charge in [-0.05, 0) is 60.7 Å². The molecule has 0 aliphatic carbocycles. The van der Waals surface area contributed by atoms with Gasteiger partial charge in [-0.3, -0.25) is 0 Å². The van der Waals surface area contributed by atoms with Gasteiger partial charge in [-0.1, -0.05) is 36.4 Å². The van der Waals surface area contributed by atoms with E-state index >= 15 is 0 Å². The van der Waals surface area contributed by atoms with Crippen LogP contribution in [0.1, 0.15) is 41.4 Å². The van der Waals surface area contributed by atoms with Crippen molar-refractivity contribution in [2.24, 2.45) is 0 Å².